The molecule has 0 aromatic heterocycles. The number of fused-ring (bicyclic) bond motifs is 2. The third kappa shape index (κ3) is 6.95. The first-order valence-corrected chi connectivity index (χ1v) is 15.2. The van der Waals surface area contributed by atoms with Crippen molar-refractivity contribution >= 4 is 45.1 Å². The minimum Gasteiger partial charge on any atom is -0.120 e. The van der Waals surface area contributed by atoms with Gasteiger partial charge in [0, 0.05) is 41.5 Å². The van der Waals surface area contributed by atoms with Gasteiger partial charge < -0.3 is 0 Å². The number of thioether (sulfide) groups is 2. The van der Waals surface area contributed by atoms with Crippen LogP contribution in [0.15, 0.2) is 107 Å². The average molecular weight is 555 g/mol. The Bertz CT molecular complexity index is 1600. The third-order valence-corrected chi connectivity index (χ3v) is 8.39. The second kappa shape index (κ2) is 11.5. The first kappa shape index (κ1) is 28.0. The predicted molar refractivity (Wildman–Crippen MR) is 178 cm³/mol. The van der Waals surface area contributed by atoms with Crippen LogP contribution < -0.4 is 0 Å². The molecule has 0 fully saturated rings. The summed E-state index contributed by atoms with van der Waals surface area (Å²) >= 11 is 3.75. The van der Waals surface area contributed by atoms with Crippen molar-refractivity contribution in [1.29, 1.82) is 0 Å². The van der Waals surface area contributed by atoms with E-state index in [4.69, 9.17) is 0 Å². The van der Waals surface area contributed by atoms with E-state index in [0.29, 0.717) is 0 Å². The topological polar surface area (TPSA) is 0 Å². The molecule has 5 aromatic carbocycles. The van der Waals surface area contributed by atoms with Crippen LogP contribution >= 0.6 is 23.5 Å². The fraction of sp³-hybridized carbons (Fsp3) is 0.211. The van der Waals surface area contributed by atoms with Crippen LogP contribution in [0, 0.1) is 23.7 Å². The normalized spacial score (nSPS) is 11.6. The molecule has 0 heterocycles. The molecular weight excluding hydrogens is 521 g/mol. The van der Waals surface area contributed by atoms with Crippen molar-refractivity contribution in [3.05, 3.63) is 119 Å². The van der Waals surface area contributed by atoms with Crippen LogP contribution in [0.3, 0.4) is 0 Å². The molecule has 0 saturated heterocycles. The van der Waals surface area contributed by atoms with Crippen LogP contribution in [0.5, 0.6) is 0 Å². The molecule has 0 N–H and O–H groups in total. The Morgan fingerprint density at radius 3 is 0.975 bits per heavy atom. The van der Waals surface area contributed by atoms with Gasteiger partial charge in [0.05, 0.1) is 0 Å². The minimum atomic E-state index is 0.185. The molecule has 5 aromatic rings. The second-order valence-corrected chi connectivity index (χ2v) is 15.6. The largest absolute Gasteiger partial charge is 0.120 e. The van der Waals surface area contributed by atoms with Gasteiger partial charge in [-0.1, -0.05) is 114 Å². The van der Waals surface area contributed by atoms with Gasteiger partial charge in [-0.25, -0.2) is 0 Å². The molecule has 0 atom stereocenters. The Morgan fingerprint density at radius 1 is 0.400 bits per heavy atom. The van der Waals surface area contributed by atoms with Crippen molar-refractivity contribution in [2.24, 2.45) is 0 Å². The van der Waals surface area contributed by atoms with Gasteiger partial charge in [0.25, 0.3) is 0 Å². The molecule has 2 heteroatoms. The lowest BCUT2D eigenvalue weighted by Crippen LogP contribution is -2.06. The highest BCUT2D eigenvalue weighted by Gasteiger charge is 2.13. The van der Waals surface area contributed by atoms with E-state index < -0.39 is 0 Å². The summed E-state index contributed by atoms with van der Waals surface area (Å²) in [6.45, 7) is 13.4. The molecule has 198 valence electrons. The Hall–Kier alpha value is -3.56. The van der Waals surface area contributed by atoms with E-state index in [0.717, 1.165) is 43.8 Å². The van der Waals surface area contributed by atoms with E-state index in [1.165, 1.54) is 9.79 Å². The van der Waals surface area contributed by atoms with E-state index in [1.54, 1.807) is 0 Å². The number of hydrogen-bond acceptors (Lipinski definition) is 2. The third-order valence-electron chi connectivity index (χ3n) is 6.15. The van der Waals surface area contributed by atoms with Gasteiger partial charge in [0.2, 0.25) is 0 Å². The Kier molecular flexibility index (Phi) is 8.05. The van der Waals surface area contributed by atoms with Crippen molar-refractivity contribution in [1.82, 2.24) is 0 Å². The van der Waals surface area contributed by atoms with Gasteiger partial charge in [0.15, 0.2) is 0 Å². The molecule has 0 aliphatic rings. The molecule has 0 nitrogen and oxygen atoms in total. The van der Waals surface area contributed by atoms with E-state index >= 15 is 0 Å². The highest BCUT2D eigenvalue weighted by molar-refractivity contribution is 8.00. The van der Waals surface area contributed by atoms with Crippen molar-refractivity contribution in [3.63, 3.8) is 0 Å². The smallest absolute Gasteiger partial charge is 0.0406 e. The molecule has 0 aliphatic heterocycles. The SMILES string of the molecule is CC(C)(C)Sc1ccc(C#Cc2c3ccccc3c(C#Cc3ccc(SC(C)(C)C)cc3)c3ccccc23)cc1. The van der Waals surface area contributed by atoms with Gasteiger partial charge >= 0.3 is 0 Å². The van der Waals surface area contributed by atoms with E-state index in [1.807, 2.05) is 23.5 Å². The van der Waals surface area contributed by atoms with Crippen molar-refractivity contribution in [2.45, 2.75) is 60.8 Å². The standard InChI is InChI=1S/C38H34S2/c1-37(2,3)39-29-21-15-27(16-22-29)19-25-35-31-11-7-9-13-33(31)36(34-14-10-8-12-32(34)35)26-20-28-17-23-30(24-18-28)40-38(4,5)6/h7-18,21-24H,1-6H3. The predicted octanol–water partition coefficient (Wildman–Crippen LogP) is 10.6. The number of hydrogen-bond donors (Lipinski definition) is 0. The highest BCUT2D eigenvalue weighted by Crippen LogP contribution is 2.34. The summed E-state index contributed by atoms with van der Waals surface area (Å²) in [5.74, 6) is 13.9. The fourth-order valence-corrected chi connectivity index (χ4v) is 6.55. The summed E-state index contributed by atoms with van der Waals surface area (Å²) in [6.07, 6.45) is 0. The van der Waals surface area contributed by atoms with Crippen molar-refractivity contribution < 1.29 is 0 Å². The van der Waals surface area contributed by atoms with Gasteiger partial charge in [-0.2, -0.15) is 0 Å². The zero-order chi connectivity index (χ0) is 28.3. The minimum absolute atomic E-state index is 0.185. The van der Waals surface area contributed by atoms with Crippen LogP contribution in [0.4, 0.5) is 0 Å². The van der Waals surface area contributed by atoms with Crippen molar-refractivity contribution in [3.8, 4) is 23.7 Å². The molecule has 0 radical (unpaired) electrons. The van der Waals surface area contributed by atoms with E-state index in [2.05, 4.69) is 162 Å². The molecule has 5 rings (SSSR count). The first-order chi connectivity index (χ1) is 19.1. The van der Waals surface area contributed by atoms with Gasteiger partial charge in [-0.05, 0) is 70.1 Å². The lowest BCUT2D eigenvalue weighted by Gasteiger charge is -2.17. The maximum absolute atomic E-state index is 3.53. The van der Waals surface area contributed by atoms with E-state index in [-0.39, 0.29) is 9.49 Å². The lowest BCUT2D eigenvalue weighted by atomic mass is 9.92. The fourth-order valence-electron chi connectivity index (χ4n) is 4.59. The molecule has 0 unspecified atom stereocenters. The first-order valence-electron chi connectivity index (χ1n) is 13.6. The summed E-state index contributed by atoms with van der Waals surface area (Å²) < 4.78 is 0.370. The summed E-state index contributed by atoms with van der Waals surface area (Å²) in [7, 11) is 0. The van der Waals surface area contributed by atoms with Crippen molar-refractivity contribution in [2.75, 3.05) is 0 Å². The van der Waals surface area contributed by atoms with Crippen LogP contribution in [0.1, 0.15) is 63.8 Å². The maximum Gasteiger partial charge on any atom is 0.0406 e. The van der Waals surface area contributed by atoms with Gasteiger partial charge in [-0.3, -0.25) is 0 Å². The van der Waals surface area contributed by atoms with E-state index in [9.17, 15) is 0 Å². The number of benzene rings is 5. The molecule has 0 amide bonds. The molecule has 0 bridgehead atoms. The van der Waals surface area contributed by atoms with Crippen LogP contribution in [0.25, 0.3) is 21.5 Å². The Balaban J connectivity index is 1.56. The number of rotatable bonds is 2. The zero-order valence-electron chi connectivity index (χ0n) is 24.1. The average Bonchev–Trinajstić information content (AvgIpc) is 2.90. The monoisotopic (exact) mass is 554 g/mol. The summed E-state index contributed by atoms with van der Waals surface area (Å²) in [4.78, 5) is 2.53. The van der Waals surface area contributed by atoms with Gasteiger partial charge in [-0.15, -0.1) is 23.5 Å². The summed E-state index contributed by atoms with van der Waals surface area (Å²) in [5, 5.41) is 4.54. The van der Waals surface area contributed by atoms with Crippen LogP contribution in [-0.4, -0.2) is 9.49 Å². The Morgan fingerprint density at radius 2 is 0.700 bits per heavy atom. The lowest BCUT2D eigenvalue weighted by molar-refractivity contribution is 0.802. The maximum atomic E-state index is 3.53. The molecule has 0 aliphatic carbocycles. The second-order valence-electron chi connectivity index (χ2n) is 11.8. The molecule has 0 saturated carbocycles. The summed E-state index contributed by atoms with van der Waals surface area (Å²) in [6, 6.07) is 34.2. The molecule has 40 heavy (non-hydrogen) atoms. The van der Waals surface area contributed by atoms with Gasteiger partial charge in [0.1, 0.15) is 0 Å². The Labute approximate surface area is 248 Å². The van der Waals surface area contributed by atoms with Crippen LogP contribution in [0.2, 0.25) is 0 Å². The summed E-state index contributed by atoms with van der Waals surface area (Å²) in [5.41, 5.74) is 4.13. The molecular formula is C38H34S2. The molecule has 0 spiro atoms. The quantitative estimate of drug-likeness (QED) is 0.121. The van der Waals surface area contributed by atoms with Crippen LogP contribution in [-0.2, 0) is 0 Å². The highest BCUT2D eigenvalue weighted by atomic mass is 32.2. The zero-order valence-corrected chi connectivity index (χ0v) is 25.7.